The SMILES string of the molecule is C=C(CC)[Te]C. The zero-order valence-electron chi connectivity index (χ0n) is 4.32. The van der Waals surface area contributed by atoms with Gasteiger partial charge in [-0.25, -0.2) is 0 Å². The second-order valence-corrected chi connectivity index (χ2v) is 3.91. The summed E-state index contributed by atoms with van der Waals surface area (Å²) >= 11 is 0.207. The summed E-state index contributed by atoms with van der Waals surface area (Å²) < 4.78 is 1.47. The van der Waals surface area contributed by atoms with E-state index in [1.165, 1.54) is 10.0 Å². The van der Waals surface area contributed by atoms with E-state index < -0.39 is 0 Å². The van der Waals surface area contributed by atoms with Crippen LogP contribution in [0.25, 0.3) is 0 Å². The molecule has 0 fully saturated rings. The van der Waals surface area contributed by atoms with E-state index >= 15 is 0 Å². The third kappa shape index (κ3) is 2.75. The monoisotopic (exact) mass is 200 g/mol. The predicted molar refractivity (Wildman–Crippen MR) is 31.0 cm³/mol. The van der Waals surface area contributed by atoms with Crippen molar-refractivity contribution < 1.29 is 0 Å². The van der Waals surface area contributed by atoms with Gasteiger partial charge in [-0.05, 0) is 0 Å². The molecule has 1 heteroatoms. The molecule has 0 aliphatic rings. The van der Waals surface area contributed by atoms with Gasteiger partial charge in [0.25, 0.3) is 0 Å². The Morgan fingerprint density at radius 2 is 2.33 bits per heavy atom. The Hall–Kier alpha value is 0.530. The summed E-state index contributed by atoms with van der Waals surface area (Å²) in [6.07, 6.45) is 1.19. The van der Waals surface area contributed by atoms with Crippen LogP contribution in [0.5, 0.6) is 0 Å². The van der Waals surface area contributed by atoms with Crippen LogP contribution in [0.4, 0.5) is 0 Å². The summed E-state index contributed by atoms with van der Waals surface area (Å²) in [4.78, 5) is 2.26. The van der Waals surface area contributed by atoms with Crippen molar-refractivity contribution in [2.75, 3.05) is 0 Å². The Labute approximate surface area is 49.7 Å². The van der Waals surface area contributed by atoms with E-state index in [2.05, 4.69) is 18.5 Å². The van der Waals surface area contributed by atoms with Gasteiger partial charge in [-0.3, -0.25) is 0 Å². The van der Waals surface area contributed by atoms with Crippen molar-refractivity contribution in [1.82, 2.24) is 0 Å². The Morgan fingerprint density at radius 1 is 1.83 bits per heavy atom. The van der Waals surface area contributed by atoms with Gasteiger partial charge in [0.15, 0.2) is 0 Å². The molecule has 0 bridgehead atoms. The molecule has 0 aromatic heterocycles. The van der Waals surface area contributed by atoms with E-state index in [4.69, 9.17) is 0 Å². The molecule has 0 aromatic carbocycles. The van der Waals surface area contributed by atoms with Crippen LogP contribution in [0.15, 0.2) is 10.2 Å². The molecule has 0 aliphatic heterocycles. The zero-order valence-corrected chi connectivity index (χ0v) is 6.65. The summed E-state index contributed by atoms with van der Waals surface area (Å²) in [5.41, 5.74) is 0. The first-order valence-corrected chi connectivity index (χ1v) is 5.52. The van der Waals surface area contributed by atoms with Gasteiger partial charge >= 0.3 is 49.4 Å². The van der Waals surface area contributed by atoms with Crippen LogP contribution in [0.3, 0.4) is 0 Å². The van der Waals surface area contributed by atoms with Gasteiger partial charge in [-0.2, -0.15) is 0 Å². The maximum atomic E-state index is 3.85. The molecule has 0 spiro atoms. The number of hydrogen-bond donors (Lipinski definition) is 0. The van der Waals surface area contributed by atoms with Gasteiger partial charge in [-0.15, -0.1) is 0 Å². The first kappa shape index (κ1) is 6.53. The van der Waals surface area contributed by atoms with Gasteiger partial charge < -0.3 is 0 Å². The average Bonchev–Trinajstić information content (AvgIpc) is 1.65. The van der Waals surface area contributed by atoms with Crippen LogP contribution >= 0.6 is 0 Å². The third-order valence-electron chi connectivity index (χ3n) is 0.683. The normalized spacial score (nSPS) is 8.33. The molecule has 0 N–H and O–H groups in total. The van der Waals surface area contributed by atoms with E-state index in [0.717, 1.165) is 0 Å². The van der Waals surface area contributed by atoms with Crippen LogP contribution in [-0.4, -0.2) is 20.9 Å². The molecular weight excluding hydrogens is 188 g/mol. The van der Waals surface area contributed by atoms with Crippen LogP contribution in [0.1, 0.15) is 13.3 Å². The summed E-state index contributed by atoms with van der Waals surface area (Å²) in [6.45, 7) is 6.01. The second kappa shape index (κ2) is 3.71. The van der Waals surface area contributed by atoms with Gasteiger partial charge in [0.1, 0.15) is 0 Å². The fourth-order valence-corrected chi connectivity index (χ4v) is 0.968. The molecule has 0 unspecified atom stereocenters. The van der Waals surface area contributed by atoms with Crippen molar-refractivity contribution in [1.29, 1.82) is 0 Å². The zero-order chi connectivity index (χ0) is 4.99. The van der Waals surface area contributed by atoms with Gasteiger partial charge in [0.2, 0.25) is 0 Å². The molecule has 0 aliphatic carbocycles. The van der Waals surface area contributed by atoms with Crippen molar-refractivity contribution in [2.24, 2.45) is 0 Å². The van der Waals surface area contributed by atoms with Crippen LogP contribution in [0, 0.1) is 0 Å². The molecule has 0 rings (SSSR count). The minimum absolute atomic E-state index is 0.207. The molecule has 0 radical (unpaired) electrons. The molecule has 0 saturated heterocycles. The van der Waals surface area contributed by atoms with Crippen molar-refractivity contribution in [3.8, 4) is 0 Å². The minimum atomic E-state index is 0.207. The Bertz CT molecular complexity index is 41.9. The Balaban J connectivity index is 2.99. The van der Waals surface area contributed by atoms with Crippen molar-refractivity contribution in [3.63, 3.8) is 0 Å². The molecule has 36 valence electrons. The van der Waals surface area contributed by atoms with Crippen molar-refractivity contribution in [3.05, 3.63) is 10.2 Å². The fraction of sp³-hybridized carbons (Fsp3) is 0.600. The van der Waals surface area contributed by atoms with E-state index in [9.17, 15) is 0 Å². The molecular formula is C5H10Te. The Morgan fingerprint density at radius 3 is 2.33 bits per heavy atom. The van der Waals surface area contributed by atoms with E-state index in [1.54, 1.807) is 0 Å². The number of rotatable bonds is 2. The number of hydrogen-bond acceptors (Lipinski definition) is 0. The summed E-state index contributed by atoms with van der Waals surface area (Å²) in [6, 6.07) is 0. The van der Waals surface area contributed by atoms with Crippen LogP contribution < -0.4 is 0 Å². The van der Waals surface area contributed by atoms with Crippen molar-refractivity contribution >= 4 is 20.9 Å². The first-order valence-electron chi connectivity index (χ1n) is 2.03. The quantitative estimate of drug-likeness (QED) is 0.591. The molecule has 0 nitrogen and oxygen atoms in total. The van der Waals surface area contributed by atoms with E-state index in [1.807, 2.05) is 0 Å². The van der Waals surface area contributed by atoms with Gasteiger partial charge in [0, 0.05) is 0 Å². The fourth-order valence-electron chi connectivity index (χ4n) is 0.144. The topological polar surface area (TPSA) is 0 Å². The summed E-state index contributed by atoms with van der Waals surface area (Å²) in [5.74, 6) is 0. The molecule has 0 saturated carbocycles. The molecule has 0 heterocycles. The van der Waals surface area contributed by atoms with Gasteiger partial charge in [0.05, 0.1) is 0 Å². The summed E-state index contributed by atoms with van der Waals surface area (Å²) in [5, 5.41) is 0. The third-order valence-corrected chi connectivity index (χ3v) is 3.15. The second-order valence-electron chi connectivity index (χ2n) is 1.10. The standard InChI is InChI=1S/C5H10Te/c1-4-5(2)6-3/h2,4H2,1,3H3. The van der Waals surface area contributed by atoms with Crippen molar-refractivity contribution in [2.45, 2.75) is 18.3 Å². The van der Waals surface area contributed by atoms with E-state index in [0.29, 0.717) is 0 Å². The van der Waals surface area contributed by atoms with E-state index in [-0.39, 0.29) is 20.9 Å². The molecule has 0 atom stereocenters. The average molecular weight is 198 g/mol. The molecule has 0 aromatic rings. The van der Waals surface area contributed by atoms with Crippen LogP contribution in [-0.2, 0) is 0 Å². The summed E-state index contributed by atoms with van der Waals surface area (Å²) in [7, 11) is 0. The number of allylic oxidation sites excluding steroid dienone is 1. The molecule has 0 amide bonds. The predicted octanol–water partition coefficient (Wildman–Crippen LogP) is 1.66. The molecule has 6 heavy (non-hydrogen) atoms. The van der Waals surface area contributed by atoms with Gasteiger partial charge in [-0.1, -0.05) is 0 Å². The maximum absolute atomic E-state index is 3.85. The van der Waals surface area contributed by atoms with Crippen LogP contribution in [0.2, 0.25) is 4.97 Å². The first-order chi connectivity index (χ1) is 2.81. The Kier molecular flexibility index (Phi) is 4.04.